The Hall–Kier alpha value is 0.227. The molecule has 0 aromatic carbocycles. The maximum absolute atomic E-state index is 12.5. The van der Waals surface area contributed by atoms with Gasteiger partial charge in [0.1, 0.15) is 0 Å². The maximum atomic E-state index is 12.5. The van der Waals surface area contributed by atoms with E-state index in [1.54, 1.807) is 7.11 Å². The van der Waals surface area contributed by atoms with Crippen LogP contribution in [0, 0.1) is 11.8 Å². The highest BCUT2D eigenvalue weighted by molar-refractivity contribution is 7.99. The Morgan fingerprint density at radius 2 is 1.67 bits per heavy atom. The largest absolute Gasteiger partial charge is 0.501 e. The second-order valence-electron chi connectivity index (χ2n) is 12.0. The average Bonchev–Trinajstić information content (AvgIpc) is 3.24. The number of rotatable bonds is 21. The Labute approximate surface area is 249 Å². The molecule has 0 saturated carbocycles. The van der Waals surface area contributed by atoms with Crippen molar-refractivity contribution in [3.63, 3.8) is 0 Å². The molecule has 6 nitrogen and oxygen atoms in total. The van der Waals surface area contributed by atoms with Crippen molar-refractivity contribution in [1.29, 1.82) is 0 Å². The van der Waals surface area contributed by atoms with Crippen LogP contribution in [0.1, 0.15) is 97.8 Å². The fourth-order valence-corrected chi connectivity index (χ4v) is 11.4. The van der Waals surface area contributed by atoms with Crippen LogP contribution in [-0.2, 0) is 18.1 Å². The Bertz CT molecular complexity index is 681. The van der Waals surface area contributed by atoms with E-state index >= 15 is 0 Å². The van der Waals surface area contributed by atoms with E-state index in [2.05, 4.69) is 42.7 Å². The van der Waals surface area contributed by atoms with Crippen molar-refractivity contribution in [2.45, 2.75) is 122 Å². The lowest BCUT2D eigenvalue weighted by Crippen LogP contribution is -2.56. The molecule has 0 radical (unpaired) electrons. The lowest BCUT2D eigenvalue weighted by molar-refractivity contribution is -0.121. The predicted octanol–water partition coefficient (Wildman–Crippen LogP) is 6.61. The number of nitrogens with one attached hydrogen (secondary N) is 1. The van der Waals surface area contributed by atoms with Gasteiger partial charge < -0.3 is 18.6 Å². The van der Waals surface area contributed by atoms with E-state index in [9.17, 15) is 4.79 Å². The van der Waals surface area contributed by atoms with Crippen molar-refractivity contribution >= 4 is 38.2 Å². The van der Waals surface area contributed by atoms with Gasteiger partial charge in [-0.3, -0.25) is 9.69 Å². The van der Waals surface area contributed by atoms with Gasteiger partial charge in [-0.05, 0) is 93.8 Å². The first kappa shape index (κ1) is 33.7. The molecule has 4 aliphatic rings. The SMILES string of the molecule is CCCCCCCCSCCC1CN2CCC1C[C@H]2CNC(=O)CCCSCCC[Si]1(OC)OC(C)C(C)O1. The second kappa shape index (κ2) is 18.7. The number of fused-ring (bicyclic) bond motifs is 3. The number of piperidine rings is 3. The molecule has 39 heavy (non-hydrogen) atoms. The lowest BCUT2D eigenvalue weighted by Gasteiger charge is -2.50. The van der Waals surface area contributed by atoms with Crippen LogP contribution >= 0.6 is 23.5 Å². The minimum absolute atomic E-state index is 0.119. The molecule has 0 spiro atoms. The molecule has 4 heterocycles. The molecule has 0 aliphatic carbocycles. The molecule has 0 aromatic rings. The molecule has 1 N–H and O–H groups in total. The molecular formula is C30H58N2O4S2Si. The van der Waals surface area contributed by atoms with Gasteiger partial charge in [0.2, 0.25) is 5.91 Å². The van der Waals surface area contributed by atoms with Crippen molar-refractivity contribution < 1.29 is 18.1 Å². The number of hydrogen-bond donors (Lipinski definition) is 1. The summed E-state index contributed by atoms with van der Waals surface area (Å²) in [5.41, 5.74) is 0. The van der Waals surface area contributed by atoms with Crippen LogP contribution in [-0.4, -0.2) is 87.6 Å². The summed E-state index contributed by atoms with van der Waals surface area (Å²) in [6.45, 7) is 9.72. The van der Waals surface area contributed by atoms with Crippen LogP contribution in [0.15, 0.2) is 0 Å². The van der Waals surface area contributed by atoms with E-state index < -0.39 is 8.80 Å². The number of carbonyl (C=O) groups excluding carboxylic acids is 1. The molecule has 4 rings (SSSR count). The van der Waals surface area contributed by atoms with E-state index in [0.29, 0.717) is 12.5 Å². The summed E-state index contributed by atoms with van der Waals surface area (Å²) in [6.07, 6.45) is 15.3. The van der Waals surface area contributed by atoms with Crippen molar-refractivity contribution in [3.8, 4) is 0 Å². The Kier molecular flexibility index (Phi) is 16.2. The first-order valence-electron chi connectivity index (χ1n) is 16.0. The highest BCUT2D eigenvalue weighted by Crippen LogP contribution is 2.38. The predicted molar refractivity (Wildman–Crippen MR) is 170 cm³/mol. The third-order valence-corrected chi connectivity index (χ3v) is 14.3. The van der Waals surface area contributed by atoms with Gasteiger partial charge in [-0.25, -0.2) is 0 Å². The van der Waals surface area contributed by atoms with Gasteiger partial charge in [-0.2, -0.15) is 23.5 Å². The molecule has 9 heteroatoms. The lowest BCUT2D eigenvalue weighted by atomic mass is 9.74. The van der Waals surface area contributed by atoms with Gasteiger partial charge in [0.05, 0.1) is 12.2 Å². The Morgan fingerprint density at radius 3 is 2.38 bits per heavy atom. The zero-order valence-corrected chi connectivity index (χ0v) is 28.1. The number of amides is 1. The number of nitrogens with zero attached hydrogens (tertiary/aromatic N) is 1. The number of thioether (sulfide) groups is 2. The molecule has 1 amide bonds. The minimum Gasteiger partial charge on any atom is -0.377 e. The number of unbranched alkanes of at least 4 members (excludes halogenated alkanes) is 5. The smallest absolute Gasteiger partial charge is 0.377 e. The molecular weight excluding hydrogens is 545 g/mol. The van der Waals surface area contributed by atoms with Crippen LogP contribution in [0.4, 0.5) is 0 Å². The third-order valence-electron chi connectivity index (χ3n) is 8.99. The summed E-state index contributed by atoms with van der Waals surface area (Å²) < 4.78 is 17.8. The van der Waals surface area contributed by atoms with Gasteiger partial charge in [0, 0.05) is 38.7 Å². The summed E-state index contributed by atoms with van der Waals surface area (Å²) in [6, 6.07) is 1.43. The fraction of sp³-hybridized carbons (Fsp3) is 0.967. The van der Waals surface area contributed by atoms with Crippen molar-refractivity contribution in [3.05, 3.63) is 0 Å². The fourth-order valence-electron chi connectivity index (χ4n) is 6.36. The van der Waals surface area contributed by atoms with E-state index in [4.69, 9.17) is 13.3 Å². The molecule has 5 unspecified atom stereocenters. The van der Waals surface area contributed by atoms with Crippen LogP contribution in [0.2, 0.25) is 6.04 Å². The van der Waals surface area contributed by atoms with Gasteiger partial charge >= 0.3 is 8.80 Å². The third kappa shape index (κ3) is 11.8. The van der Waals surface area contributed by atoms with E-state index in [-0.39, 0.29) is 18.1 Å². The van der Waals surface area contributed by atoms with E-state index in [1.165, 1.54) is 82.4 Å². The molecule has 6 atom stereocenters. The van der Waals surface area contributed by atoms with Gasteiger partial charge in [-0.15, -0.1) is 0 Å². The highest BCUT2D eigenvalue weighted by Gasteiger charge is 2.49. The zero-order chi connectivity index (χ0) is 27.9. The van der Waals surface area contributed by atoms with E-state index in [1.807, 2.05) is 11.8 Å². The van der Waals surface area contributed by atoms with Crippen molar-refractivity contribution in [2.75, 3.05) is 49.8 Å². The summed E-state index contributed by atoms with van der Waals surface area (Å²) in [5.74, 6) is 6.74. The molecule has 0 aromatic heterocycles. The van der Waals surface area contributed by atoms with Crippen molar-refractivity contribution in [2.24, 2.45) is 11.8 Å². The quantitative estimate of drug-likeness (QED) is 0.117. The minimum atomic E-state index is -2.46. The molecule has 4 saturated heterocycles. The van der Waals surface area contributed by atoms with Crippen LogP contribution in [0.25, 0.3) is 0 Å². The van der Waals surface area contributed by atoms with Crippen LogP contribution in [0.3, 0.4) is 0 Å². The maximum Gasteiger partial charge on any atom is 0.501 e. The number of hydrogen-bond acceptors (Lipinski definition) is 7. The first-order valence-corrected chi connectivity index (χ1v) is 20.3. The highest BCUT2D eigenvalue weighted by atomic mass is 32.2. The number of carbonyl (C=O) groups is 1. The Morgan fingerprint density at radius 1 is 0.974 bits per heavy atom. The summed E-state index contributed by atoms with van der Waals surface area (Å²) in [7, 11) is -0.739. The topological polar surface area (TPSA) is 60.0 Å². The molecule has 4 aliphatic heterocycles. The zero-order valence-electron chi connectivity index (χ0n) is 25.4. The summed E-state index contributed by atoms with van der Waals surface area (Å²) in [5, 5.41) is 3.26. The summed E-state index contributed by atoms with van der Waals surface area (Å²) in [4.78, 5) is 15.2. The van der Waals surface area contributed by atoms with Gasteiger partial charge in [0.25, 0.3) is 0 Å². The molecule has 4 fully saturated rings. The summed E-state index contributed by atoms with van der Waals surface area (Å²) >= 11 is 4.11. The second-order valence-corrected chi connectivity index (χ2v) is 17.2. The standard InChI is InChI=1S/C30H58N2O4S2Si/c1-5-6-7-8-9-10-17-38-20-15-28-24-32-16-14-27(28)22-29(32)23-31-30(33)13-11-18-37-19-12-21-39(34-4)35-25(2)26(3)36-39/h25-29H,5-24H2,1-4H3,(H,31,33)/t25?,26?,27?,28?,29-,39?/m0/s1. The van der Waals surface area contributed by atoms with Gasteiger partial charge in [-0.1, -0.05) is 39.0 Å². The van der Waals surface area contributed by atoms with Crippen molar-refractivity contribution in [1.82, 2.24) is 10.2 Å². The normalized spacial score (nSPS) is 32.1. The average molecular weight is 603 g/mol. The molecule has 2 bridgehead atoms. The van der Waals surface area contributed by atoms with Gasteiger partial charge in [0.15, 0.2) is 0 Å². The van der Waals surface area contributed by atoms with E-state index in [0.717, 1.165) is 48.8 Å². The molecule has 228 valence electrons. The van der Waals surface area contributed by atoms with Crippen LogP contribution in [0.5, 0.6) is 0 Å². The monoisotopic (exact) mass is 602 g/mol. The Balaban J connectivity index is 1.17. The van der Waals surface area contributed by atoms with Crippen LogP contribution < -0.4 is 5.32 Å². The first-order chi connectivity index (χ1) is 19.0.